The van der Waals surface area contributed by atoms with Crippen molar-refractivity contribution in [1.82, 2.24) is 14.7 Å². The molecule has 9 heteroatoms. The van der Waals surface area contributed by atoms with Crippen molar-refractivity contribution in [2.75, 3.05) is 19.5 Å². The number of aromatic nitrogens is 2. The number of sulfone groups is 1. The molecular formula is C19H19N3O5S. The van der Waals surface area contributed by atoms with Crippen LogP contribution in [0.1, 0.15) is 29.0 Å². The van der Waals surface area contributed by atoms with Gasteiger partial charge >= 0.3 is 0 Å². The molecule has 1 aromatic carbocycles. The smallest absolute Gasteiger partial charge is 0.272 e. The molecule has 0 bridgehead atoms. The van der Waals surface area contributed by atoms with Crippen molar-refractivity contribution in [3.05, 3.63) is 53.9 Å². The average Bonchev–Trinajstić information content (AvgIpc) is 3.08. The fourth-order valence-corrected chi connectivity index (χ4v) is 3.89. The second-order valence-electron chi connectivity index (χ2n) is 6.57. The second kappa shape index (κ2) is 6.83. The summed E-state index contributed by atoms with van der Waals surface area (Å²) in [5, 5.41) is 2.70. The lowest BCUT2D eigenvalue weighted by atomic mass is 10.1. The standard InChI is InChI=1S/C19H19N3O5S/c1-12(13-6-7-15-16(11-13)27-10-9-26-15)20-18(23)17-14-5-3-4-8-22(14)19(21-17)28(2,24)25/h3-8,11-12H,9-10H2,1-2H3,(H,20,23). The Kier molecular flexibility index (Phi) is 4.46. The molecule has 2 aromatic heterocycles. The van der Waals surface area contributed by atoms with Gasteiger partial charge in [0.05, 0.1) is 11.6 Å². The van der Waals surface area contributed by atoms with E-state index in [1.54, 1.807) is 30.5 Å². The minimum Gasteiger partial charge on any atom is -0.486 e. The van der Waals surface area contributed by atoms with Gasteiger partial charge in [0.15, 0.2) is 17.2 Å². The first-order valence-corrected chi connectivity index (χ1v) is 10.6. The molecule has 8 nitrogen and oxygen atoms in total. The van der Waals surface area contributed by atoms with Crippen molar-refractivity contribution in [3.63, 3.8) is 0 Å². The third-order valence-electron chi connectivity index (χ3n) is 4.48. The highest BCUT2D eigenvalue weighted by Crippen LogP contribution is 2.32. The first-order chi connectivity index (χ1) is 13.3. The van der Waals surface area contributed by atoms with Crippen molar-refractivity contribution >= 4 is 21.3 Å². The van der Waals surface area contributed by atoms with Gasteiger partial charge in [0.1, 0.15) is 13.2 Å². The topological polar surface area (TPSA) is 99.0 Å². The number of nitrogens with zero attached hydrogens (tertiary/aromatic N) is 2. The summed E-state index contributed by atoms with van der Waals surface area (Å²) in [5.74, 6) is 0.851. The van der Waals surface area contributed by atoms with Gasteiger partial charge < -0.3 is 14.8 Å². The van der Waals surface area contributed by atoms with Gasteiger partial charge in [-0.2, -0.15) is 0 Å². The van der Waals surface area contributed by atoms with Crippen molar-refractivity contribution < 1.29 is 22.7 Å². The van der Waals surface area contributed by atoms with Gasteiger partial charge in [-0.1, -0.05) is 12.1 Å². The molecule has 0 fully saturated rings. The summed E-state index contributed by atoms with van der Waals surface area (Å²) in [6.45, 7) is 2.82. The number of pyridine rings is 1. The number of amides is 1. The quantitative estimate of drug-likeness (QED) is 0.718. The molecule has 0 aliphatic carbocycles. The molecule has 1 aliphatic rings. The van der Waals surface area contributed by atoms with Gasteiger partial charge in [0.2, 0.25) is 15.0 Å². The minimum atomic E-state index is -3.59. The zero-order valence-electron chi connectivity index (χ0n) is 15.4. The lowest BCUT2D eigenvalue weighted by Gasteiger charge is -2.21. The van der Waals surface area contributed by atoms with Crippen LogP contribution in [0.2, 0.25) is 0 Å². The summed E-state index contributed by atoms with van der Waals surface area (Å²) in [5.41, 5.74) is 1.32. The molecule has 0 saturated carbocycles. The third kappa shape index (κ3) is 3.29. The van der Waals surface area contributed by atoms with Crippen molar-refractivity contribution in [2.45, 2.75) is 18.1 Å². The summed E-state index contributed by atoms with van der Waals surface area (Å²) < 4.78 is 36.5. The van der Waals surface area contributed by atoms with Crippen LogP contribution in [0.4, 0.5) is 0 Å². The molecule has 28 heavy (non-hydrogen) atoms. The van der Waals surface area contributed by atoms with Crippen LogP contribution >= 0.6 is 0 Å². The van der Waals surface area contributed by atoms with Crippen LogP contribution in [-0.4, -0.2) is 43.2 Å². The molecule has 0 radical (unpaired) electrons. The van der Waals surface area contributed by atoms with Gasteiger partial charge in [0.25, 0.3) is 5.91 Å². The lowest BCUT2D eigenvalue weighted by molar-refractivity contribution is 0.0936. The summed E-state index contributed by atoms with van der Waals surface area (Å²) >= 11 is 0. The van der Waals surface area contributed by atoms with Crippen LogP contribution in [0.25, 0.3) is 5.52 Å². The molecule has 1 atom stereocenters. The lowest BCUT2D eigenvalue weighted by Crippen LogP contribution is -2.27. The molecule has 3 heterocycles. The highest BCUT2D eigenvalue weighted by Gasteiger charge is 2.24. The molecule has 1 amide bonds. The van der Waals surface area contributed by atoms with Gasteiger partial charge in [-0.25, -0.2) is 13.4 Å². The van der Waals surface area contributed by atoms with Crippen LogP contribution in [0, 0.1) is 0 Å². The van der Waals surface area contributed by atoms with Gasteiger partial charge in [-0.05, 0) is 36.8 Å². The molecule has 146 valence electrons. The summed E-state index contributed by atoms with van der Waals surface area (Å²) in [4.78, 5) is 16.9. The largest absolute Gasteiger partial charge is 0.486 e. The molecule has 0 spiro atoms. The Morgan fingerprint density at radius 3 is 2.68 bits per heavy atom. The molecule has 1 unspecified atom stereocenters. The van der Waals surface area contributed by atoms with Crippen LogP contribution in [-0.2, 0) is 9.84 Å². The van der Waals surface area contributed by atoms with Crippen LogP contribution < -0.4 is 14.8 Å². The number of rotatable bonds is 4. The number of carbonyl (C=O) groups excluding carboxylic acids is 1. The summed E-state index contributed by atoms with van der Waals surface area (Å²) in [6.07, 6.45) is 2.63. The summed E-state index contributed by atoms with van der Waals surface area (Å²) in [6, 6.07) is 10.2. The predicted molar refractivity (Wildman–Crippen MR) is 102 cm³/mol. The van der Waals surface area contributed by atoms with E-state index in [9.17, 15) is 13.2 Å². The van der Waals surface area contributed by atoms with Crippen LogP contribution in [0.5, 0.6) is 11.5 Å². The zero-order chi connectivity index (χ0) is 19.9. The Labute approximate surface area is 162 Å². The highest BCUT2D eigenvalue weighted by atomic mass is 32.2. The maximum Gasteiger partial charge on any atom is 0.272 e. The van der Waals surface area contributed by atoms with Crippen molar-refractivity contribution in [3.8, 4) is 11.5 Å². The Morgan fingerprint density at radius 2 is 1.93 bits per heavy atom. The van der Waals surface area contributed by atoms with Gasteiger partial charge in [-0.15, -0.1) is 0 Å². The molecular weight excluding hydrogens is 382 g/mol. The number of ether oxygens (including phenoxy) is 2. The fraction of sp³-hybridized carbons (Fsp3) is 0.263. The SMILES string of the molecule is CC(NC(=O)c1nc(S(C)(=O)=O)n2ccccc12)c1ccc2c(c1)OCCO2. The highest BCUT2D eigenvalue weighted by molar-refractivity contribution is 7.90. The van der Waals surface area contributed by atoms with E-state index in [4.69, 9.17) is 9.47 Å². The number of nitrogens with one attached hydrogen (secondary N) is 1. The Balaban J connectivity index is 1.64. The first-order valence-electron chi connectivity index (χ1n) is 8.72. The third-order valence-corrected chi connectivity index (χ3v) is 5.43. The van der Waals surface area contributed by atoms with E-state index < -0.39 is 15.7 Å². The van der Waals surface area contributed by atoms with E-state index in [2.05, 4.69) is 10.3 Å². The van der Waals surface area contributed by atoms with Gasteiger partial charge in [-0.3, -0.25) is 9.20 Å². The predicted octanol–water partition coefficient (Wildman–Crippen LogP) is 2.00. The Hall–Kier alpha value is -3.07. The van der Waals surface area contributed by atoms with E-state index >= 15 is 0 Å². The minimum absolute atomic E-state index is 0.0606. The number of hydrogen-bond donors (Lipinski definition) is 1. The summed E-state index contributed by atoms with van der Waals surface area (Å²) in [7, 11) is -3.59. The average molecular weight is 401 g/mol. The van der Waals surface area contributed by atoms with Crippen LogP contribution in [0.3, 0.4) is 0 Å². The van der Waals surface area contributed by atoms with E-state index in [1.165, 1.54) is 4.40 Å². The number of carbonyl (C=O) groups is 1. The number of benzene rings is 1. The monoisotopic (exact) mass is 401 g/mol. The molecule has 0 saturated heterocycles. The van der Waals surface area contributed by atoms with Gasteiger partial charge in [0, 0.05) is 12.5 Å². The van der Waals surface area contributed by atoms with E-state index in [0.717, 1.165) is 11.8 Å². The van der Waals surface area contributed by atoms with E-state index in [1.807, 2.05) is 19.1 Å². The second-order valence-corrected chi connectivity index (χ2v) is 8.48. The number of hydrogen-bond acceptors (Lipinski definition) is 6. The normalized spacial score (nSPS) is 14.6. The number of imidazole rings is 1. The molecule has 1 N–H and O–H groups in total. The zero-order valence-corrected chi connectivity index (χ0v) is 16.2. The molecule has 4 rings (SSSR count). The fourth-order valence-electron chi connectivity index (χ4n) is 3.12. The van der Waals surface area contributed by atoms with Crippen LogP contribution in [0.15, 0.2) is 47.8 Å². The van der Waals surface area contributed by atoms with Crippen molar-refractivity contribution in [2.24, 2.45) is 0 Å². The first kappa shape index (κ1) is 18.3. The number of fused-ring (bicyclic) bond motifs is 2. The maximum atomic E-state index is 12.8. The van der Waals surface area contributed by atoms with E-state index in [0.29, 0.717) is 30.2 Å². The molecule has 3 aromatic rings. The van der Waals surface area contributed by atoms with Crippen molar-refractivity contribution in [1.29, 1.82) is 0 Å². The Bertz CT molecular complexity index is 1170. The molecule has 1 aliphatic heterocycles. The maximum absolute atomic E-state index is 12.8. The Morgan fingerprint density at radius 1 is 1.18 bits per heavy atom. The van der Waals surface area contributed by atoms with E-state index in [-0.39, 0.29) is 16.9 Å².